The van der Waals surface area contributed by atoms with Crippen LogP contribution >= 0.6 is 27.3 Å². The molecule has 3 aromatic rings. The van der Waals surface area contributed by atoms with E-state index in [1.165, 1.54) is 17.5 Å². The highest BCUT2D eigenvalue weighted by Crippen LogP contribution is 2.37. The van der Waals surface area contributed by atoms with Crippen molar-refractivity contribution in [1.29, 1.82) is 0 Å². The molecule has 4 rings (SSSR count). The Labute approximate surface area is 152 Å². The number of thiophene rings is 1. The molecule has 5 nitrogen and oxygen atoms in total. The minimum Gasteiger partial charge on any atom is -0.492 e. The Morgan fingerprint density at radius 3 is 3.12 bits per heavy atom. The summed E-state index contributed by atoms with van der Waals surface area (Å²) in [5.41, 5.74) is 6.54. The quantitative estimate of drug-likeness (QED) is 0.690. The summed E-state index contributed by atoms with van der Waals surface area (Å²) in [6, 6.07) is 8.80. The number of hydrogen-bond acceptors (Lipinski definition) is 6. The molecule has 1 saturated heterocycles. The number of anilines is 1. The van der Waals surface area contributed by atoms with E-state index in [9.17, 15) is 0 Å². The third-order valence-corrected chi connectivity index (χ3v) is 5.80. The van der Waals surface area contributed by atoms with Crippen LogP contribution in [0.25, 0.3) is 20.7 Å². The number of fused-ring (bicyclic) bond motifs is 1. The highest BCUT2D eigenvalue weighted by atomic mass is 79.9. The molecule has 1 aliphatic rings. The van der Waals surface area contributed by atoms with Gasteiger partial charge in [0.2, 0.25) is 5.95 Å². The molecule has 24 heavy (non-hydrogen) atoms. The second-order valence-corrected chi connectivity index (χ2v) is 7.78. The first-order valence-corrected chi connectivity index (χ1v) is 9.48. The van der Waals surface area contributed by atoms with Crippen molar-refractivity contribution in [2.45, 2.75) is 18.9 Å². The maximum absolute atomic E-state index is 5.94. The number of nitrogen functional groups attached to an aromatic ring is 1. The highest BCUT2D eigenvalue weighted by Gasteiger charge is 2.15. The standard InChI is InChI=1S/C17H17BrN4OS/c18-13-8-21-17(19)22-16(13)15-7-10-6-12(3-4-14(10)24-15)23-9-11-2-1-5-20-11/h3-4,6-8,11,20H,1-2,5,9H2,(H2,19,21,22). The average Bonchev–Trinajstić information content (AvgIpc) is 3.23. The van der Waals surface area contributed by atoms with Crippen LogP contribution in [0.4, 0.5) is 5.95 Å². The summed E-state index contributed by atoms with van der Waals surface area (Å²) in [6.45, 7) is 1.81. The monoisotopic (exact) mass is 404 g/mol. The van der Waals surface area contributed by atoms with Gasteiger partial charge in [0.1, 0.15) is 12.4 Å². The van der Waals surface area contributed by atoms with Gasteiger partial charge < -0.3 is 15.8 Å². The van der Waals surface area contributed by atoms with Gasteiger partial charge in [0.05, 0.1) is 15.0 Å². The van der Waals surface area contributed by atoms with Crippen LogP contribution in [0.2, 0.25) is 0 Å². The van der Waals surface area contributed by atoms with E-state index in [-0.39, 0.29) is 5.95 Å². The van der Waals surface area contributed by atoms with Crippen LogP contribution in [0, 0.1) is 0 Å². The van der Waals surface area contributed by atoms with Gasteiger partial charge in [0.25, 0.3) is 0 Å². The van der Waals surface area contributed by atoms with E-state index in [1.54, 1.807) is 17.5 Å². The van der Waals surface area contributed by atoms with E-state index in [4.69, 9.17) is 10.5 Å². The summed E-state index contributed by atoms with van der Waals surface area (Å²) in [6.07, 6.45) is 4.11. The van der Waals surface area contributed by atoms with Crippen molar-refractivity contribution < 1.29 is 4.74 Å². The second kappa shape index (κ2) is 6.66. The Hall–Kier alpha value is -1.70. The van der Waals surface area contributed by atoms with Crippen molar-refractivity contribution in [2.24, 2.45) is 0 Å². The summed E-state index contributed by atoms with van der Waals surface area (Å²) in [4.78, 5) is 9.39. The van der Waals surface area contributed by atoms with Crippen molar-refractivity contribution >= 4 is 43.3 Å². The number of benzene rings is 1. The van der Waals surface area contributed by atoms with E-state index >= 15 is 0 Å². The number of nitrogens with zero attached hydrogens (tertiary/aromatic N) is 2. The van der Waals surface area contributed by atoms with Crippen LogP contribution in [0.5, 0.6) is 5.75 Å². The molecule has 2 aromatic heterocycles. The molecule has 0 bridgehead atoms. The fraction of sp³-hybridized carbons (Fsp3) is 0.294. The molecule has 1 atom stereocenters. The van der Waals surface area contributed by atoms with E-state index in [0.29, 0.717) is 6.04 Å². The Bertz CT molecular complexity index is 876. The van der Waals surface area contributed by atoms with Crippen LogP contribution in [0.3, 0.4) is 0 Å². The van der Waals surface area contributed by atoms with Gasteiger partial charge in [-0.15, -0.1) is 11.3 Å². The zero-order chi connectivity index (χ0) is 16.5. The Balaban J connectivity index is 1.59. The Morgan fingerprint density at radius 1 is 1.38 bits per heavy atom. The van der Waals surface area contributed by atoms with Crippen molar-refractivity contribution in [1.82, 2.24) is 15.3 Å². The predicted octanol–water partition coefficient (Wildman–Crippen LogP) is 3.83. The van der Waals surface area contributed by atoms with Gasteiger partial charge in [-0.2, -0.15) is 0 Å². The van der Waals surface area contributed by atoms with E-state index in [1.807, 2.05) is 6.07 Å². The molecule has 1 aliphatic heterocycles. The molecular formula is C17H17BrN4OS. The van der Waals surface area contributed by atoms with Gasteiger partial charge in [0, 0.05) is 16.9 Å². The topological polar surface area (TPSA) is 73.1 Å². The third kappa shape index (κ3) is 3.24. The van der Waals surface area contributed by atoms with Gasteiger partial charge in [0.15, 0.2) is 0 Å². The molecule has 1 fully saturated rings. The number of nitrogens with one attached hydrogen (secondary N) is 1. The second-order valence-electron chi connectivity index (χ2n) is 5.84. The number of rotatable bonds is 4. The van der Waals surface area contributed by atoms with Crippen LogP contribution < -0.4 is 15.8 Å². The summed E-state index contributed by atoms with van der Waals surface area (Å²) in [5.74, 6) is 1.18. The number of hydrogen-bond donors (Lipinski definition) is 2. The van der Waals surface area contributed by atoms with E-state index in [0.717, 1.165) is 39.3 Å². The van der Waals surface area contributed by atoms with Gasteiger partial charge in [-0.05, 0) is 65.0 Å². The van der Waals surface area contributed by atoms with Crippen LogP contribution in [-0.4, -0.2) is 29.2 Å². The molecule has 0 saturated carbocycles. The van der Waals surface area contributed by atoms with Gasteiger partial charge in [-0.3, -0.25) is 0 Å². The number of nitrogens with two attached hydrogens (primary N) is 1. The molecule has 0 radical (unpaired) electrons. The van der Waals surface area contributed by atoms with Gasteiger partial charge >= 0.3 is 0 Å². The van der Waals surface area contributed by atoms with Gasteiger partial charge in [-0.25, -0.2) is 9.97 Å². The van der Waals surface area contributed by atoms with Crippen LogP contribution in [0.1, 0.15) is 12.8 Å². The molecule has 7 heteroatoms. The molecule has 1 aromatic carbocycles. The first-order valence-electron chi connectivity index (χ1n) is 7.87. The molecule has 3 heterocycles. The minimum atomic E-state index is 0.277. The fourth-order valence-corrected chi connectivity index (χ4v) is 4.46. The lowest BCUT2D eigenvalue weighted by molar-refractivity contribution is 0.277. The largest absolute Gasteiger partial charge is 0.492 e. The van der Waals surface area contributed by atoms with E-state index in [2.05, 4.69) is 49.4 Å². The summed E-state index contributed by atoms with van der Waals surface area (Å²) in [5, 5.41) is 4.60. The number of aromatic nitrogens is 2. The molecule has 1 unspecified atom stereocenters. The predicted molar refractivity (Wildman–Crippen MR) is 101 cm³/mol. The summed E-state index contributed by atoms with van der Waals surface area (Å²) < 4.78 is 7.98. The number of halogens is 1. The third-order valence-electron chi connectivity index (χ3n) is 4.10. The molecule has 124 valence electrons. The van der Waals surface area contributed by atoms with Crippen molar-refractivity contribution in [3.63, 3.8) is 0 Å². The summed E-state index contributed by atoms with van der Waals surface area (Å²) in [7, 11) is 0. The zero-order valence-corrected chi connectivity index (χ0v) is 15.4. The smallest absolute Gasteiger partial charge is 0.220 e. The minimum absolute atomic E-state index is 0.277. The molecule has 3 N–H and O–H groups in total. The Morgan fingerprint density at radius 2 is 2.29 bits per heavy atom. The average molecular weight is 405 g/mol. The van der Waals surface area contributed by atoms with Crippen molar-refractivity contribution in [3.05, 3.63) is 34.9 Å². The maximum Gasteiger partial charge on any atom is 0.220 e. The lowest BCUT2D eigenvalue weighted by Crippen LogP contribution is -2.28. The van der Waals surface area contributed by atoms with Gasteiger partial charge in [-0.1, -0.05) is 0 Å². The lowest BCUT2D eigenvalue weighted by atomic mass is 10.2. The molecule has 0 amide bonds. The fourth-order valence-electron chi connectivity index (χ4n) is 2.88. The molecular weight excluding hydrogens is 388 g/mol. The van der Waals surface area contributed by atoms with Crippen LogP contribution in [0.15, 0.2) is 34.9 Å². The summed E-state index contributed by atoms with van der Waals surface area (Å²) >= 11 is 5.18. The first-order chi connectivity index (χ1) is 11.7. The van der Waals surface area contributed by atoms with Crippen molar-refractivity contribution in [3.8, 4) is 16.3 Å². The maximum atomic E-state index is 5.94. The molecule has 0 spiro atoms. The normalized spacial score (nSPS) is 17.5. The first kappa shape index (κ1) is 15.8. The lowest BCUT2D eigenvalue weighted by Gasteiger charge is -2.11. The van der Waals surface area contributed by atoms with Crippen LogP contribution in [-0.2, 0) is 0 Å². The molecule has 0 aliphatic carbocycles. The highest BCUT2D eigenvalue weighted by molar-refractivity contribution is 9.10. The SMILES string of the molecule is Nc1ncc(Br)c(-c2cc3cc(OCC4CCCN4)ccc3s2)n1. The zero-order valence-electron chi connectivity index (χ0n) is 13.0. The Kier molecular flexibility index (Phi) is 4.39. The van der Waals surface area contributed by atoms with E-state index < -0.39 is 0 Å². The number of ether oxygens (including phenoxy) is 1. The van der Waals surface area contributed by atoms with Crippen molar-refractivity contribution in [2.75, 3.05) is 18.9 Å².